The Morgan fingerprint density at radius 1 is 1.30 bits per heavy atom. The first-order chi connectivity index (χ1) is 13.9. The summed E-state index contributed by atoms with van der Waals surface area (Å²) in [5.74, 6) is 0.927. The minimum atomic E-state index is -4.71. The van der Waals surface area contributed by atoms with Gasteiger partial charge in [-0.05, 0) is 49.3 Å². The number of hydrogen-bond donors (Lipinski definition) is 0. The highest BCUT2D eigenvalue weighted by molar-refractivity contribution is 7.91. The summed E-state index contributed by atoms with van der Waals surface area (Å²) in [4.78, 5) is 1.92. The smallest absolute Gasteiger partial charge is 0.406 e. The molecule has 0 N–H and O–H groups in total. The van der Waals surface area contributed by atoms with Gasteiger partial charge in [0, 0.05) is 20.0 Å². The molecule has 3 rings (SSSR count). The highest BCUT2D eigenvalue weighted by atomic mass is 32.2. The van der Waals surface area contributed by atoms with Crippen molar-refractivity contribution in [1.29, 1.82) is 0 Å². The van der Waals surface area contributed by atoms with E-state index in [1.165, 1.54) is 12.1 Å². The van der Waals surface area contributed by atoms with Gasteiger partial charge in [0.25, 0.3) is 0 Å². The molecule has 1 unspecified atom stereocenters. The number of ether oxygens (including phenoxy) is 1. The second kappa shape index (κ2) is 8.67. The largest absolute Gasteiger partial charge is 0.573 e. The quantitative estimate of drug-likeness (QED) is 0.587. The van der Waals surface area contributed by atoms with Crippen LogP contribution in [0.4, 0.5) is 13.2 Å². The molecule has 1 saturated heterocycles. The SMILES string of the molecule is CN(Cc1ccc(OC(F)(F)F)cc1)Cn1nc(CC2CCS(=O)(=O)C2)n(C)c1=S. The zero-order valence-electron chi connectivity index (χ0n) is 16.6. The maximum Gasteiger partial charge on any atom is 0.573 e. The van der Waals surface area contributed by atoms with Gasteiger partial charge in [-0.15, -0.1) is 13.2 Å². The molecule has 30 heavy (non-hydrogen) atoms. The standard InChI is InChI=1S/C18H23F3N4O3S2/c1-23(10-13-3-5-15(6-4-13)28-18(19,20)21)12-25-17(29)24(2)16(22-25)9-14-7-8-30(26,27)11-14/h3-6,14H,7-12H2,1-2H3. The van der Waals surface area contributed by atoms with Gasteiger partial charge in [-0.1, -0.05) is 12.1 Å². The van der Waals surface area contributed by atoms with Gasteiger partial charge in [0.1, 0.15) is 11.6 Å². The fraction of sp³-hybridized carbons (Fsp3) is 0.556. The molecule has 0 spiro atoms. The molecule has 0 saturated carbocycles. The fourth-order valence-corrected chi connectivity index (χ4v) is 5.55. The lowest BCUT2D eigenvalue weighted by Crippen LogP contribution is -2.22. The van der Waals surface area contributed by atoms with Gasteiger partial charge in [-0.25, -0.2) is 13.1 Å². The molecule has 1 aliphatic rings. The molecule has 0 amide bonds. The van der Waals surface area contributed by atoms with Crippen molar-refractivity contribution in [2.24, 2.45) is 13.0 Å². The van der Waals surface area contributed by atoms with Gasteiger partial charge in [0.05, 0.1) is 18.2 Å². The molecule has 0 aliphatic carbocycles. The van der Waals surface area contributed by atoms with Gasteiger partial charge in [-0.3, -0.25) is 4.90 Å². The first-order valence-corrected chi connectivity index (χ1v) is 11.5. The summed E-state index contributed by atoms with van der Waals surface area (Å²) in [6.45, 7) is 0.858. The number of alkyl halides is 3. The van der Waals surface area contributed by atoms with Gasteiger partial charge in [-0.2, -0.15) is 5.10 Å². The van der Waals surface area contributed by atoms with Crippen molar-refractivity contribution in [2.75, 3.05) is 18.6 Å². The first-order valence-electron chi connectivity index (χ1n) is 9.28. The normalized spacial score (nSPS) is 18.8. The van der Waals surface area contributed by atoms with E-state index in [1.54, 1.807) is 21.4 Å². The lowest BCUT2D eigenvalue weighted by molar-refractivity contribution is -0.274. The maximum atomic E-state index is 12.3. The molecule has 0 bridgehead atoms. The monoisotopic (exact) mass is 464 g/mol. The molecule has 166 valence electrons. The van der Waals surface area contributed by atoms with E-state index in [4.69, 9.17) is 12.2 Å². The number of sulfone groups is 1. The van der Waals surface area contributed by atoms with E-state index in [2.05, 4.69) is 9.84 Å². The summed E-state index contributed by atoms with van der Waals surface area (Å²) in [6.07, 6.45) is -3.53. The van der Waals surface area contributed by atoms with E-state index in [9.17, 15) is 21.6 Å². The van der Waals surface area contributed by atoms with Gasteiger partial charge >= 0.3 is 6.36 Å². The van der Waals surface area contributed by atoms with Crippen LogP contribution in [0.15, 0.2) is 24.3 Å². The van der Waals surface area contributed by atoms with E-state index in [-0.39, 0.29) is 23.2 Å². The third-order valence-corrected chi connectivity index (χ3v) is 7.24. The molecule has 1 atom stereocenters. The van der Waals surface area contributed by atoms with Crippen LogP contribution in [-0.2, 0) is 36.5 Å². The summed E-state index contributed by atoms with van der Waals surface area (Å²) >= 11 is 5.45. The van der Waals surface area contributed by atoms with Crippen LogP contribution in [0.2, 0.25) is 0 Å². The minimum Gasteiger partial charge on any atom is -0.406 e. The van der Waals surface area contributed by atoms with Crippen LogP contribution in [0.1, 0.15) is 17.8 Å². The zero-order chi connectivity index (χ0) is 22.1. The van der Waals surface area contributed by atoms with Gasteiger partial charge < -0.3 is 9.30 Å². The number of benzene rings is 1. The van der Waals surface area contributed by atoms with Gasteiger partial charge in [0.15, 0.2) is 14.6 Å². The molecular weight excluding hydrogens is 441 g/mol. The fourth-order valence-electron chi connectivity index (χ4n) is 3.48. The van der Waals surface area contributed by atoms with Crippen molar-refractivity contribution in [1.82, 2.24) is 19.2 Å². The average molecular weight is 465 g/mol. The molecule has 7 nitrogen and oxygen atoms in total. The van der Waals surface area contributed by atoms with Crippen LogP contribution >= 0.6 is 12.2 Å². The second-order valence-electron chi connectivity index (χ2n) is 7.58. The highest BCUT2D eigenvalue weighted by Gasteiger charge is 2.31. The minimum absolute atomic E-state index is 0.0501. The van der Waals surface area contributed by atoms with E-state index < -0.39 is 16.2 Å². The Kier molecular flexibility index (Phi) is 6.58. The maximum absolute atomic E-state index is 12.3. The molecule has 2 heterocycles. The molecule has 1 aliphatic heterocycles. The van der Waals surface area contributed by atoms with E-state index in [0.29, 0.717) is 30.8 Å². The number of nitrogens with zero attached hydrogens (tertiary/aromatic N) is 4. The second-order valence-corrected chi connectivity index (χ2v) is 10.2. The predicted octanol–water partition coefficient (Wildman–Crippen LogP) is 2.92. The summed E-state index contributed by atoms with van der Waals surface area (Å²) in [7, 11) is 0.708. The van der Waals surface area contributed by atoms with Crippen molar-refractivity contribution >= 4 is 22.1 Å². The Hall–Kier alpha value is -1.92. The Morgan fingerprint density at radius 2 is 1.97 bits per heavy atom. The van der Waals surface area contributed by atoms with Crippen molar-refractivity contribution < 1.29 is 26.3 Å². The van der Waals surface area contributed by atoms with Crippen LogP contribution in [0, 0.1) is 10.7 Å². The molecule has 12 heteroatoms. The summed E-state index contributed by atoms with van der Waals surface area (Å²) in [5, 5.41) is 4.55. The molecule has 1 aromatic heterocycles. The molecule has 0 radical (unpaired) electrons. The Morgan fingerprint density at radius 3 is 2.53 bits per heavy atom. The lowest BCUT2D eigenvalue weighted by Gasteiger charge is -2.17. The van der Waals surface area contributed by atoms with Gasteiger partial charge in [0.2, 0.25) is 0 Å². The third kappa shape index (κ3) is 6.05. The third-order valence-electron chi connectivity index (χ3n) is 4.91. The van der Waals surface area contributed by atoms with Crippen molar-refractivity contribution in [3.63, 3.8) is 0 Å². The Bertz CT molecular complexity index is 1050. The van der Waals surface area contributed by atoms with Crippen LogP contribution in [0.5, 0.6) is 5.75 Å². The average Bonchev–Trinajstić information content (AvgIpc) is 3.09. The van der Waals surface area contributed by atoms with E-state index in [1.807, 2.05) is 19.0 Å². The summed E-state index contributed by atoms with van der Waals surface area (Å²) < 4.78 is 67.9. The number of rotatable bonds is 7. The van der Waals surface area contributed by atoms with Crippen LogP contribution < -0.4 is 4.74 Å². The van der Waals surface area contributed by atoms with E-state index >= 15 is 0 Å². The van der Waals surface area contributed by atoms with Crippen molar-refractivity contribution in [3.8, 4) is 5.75 Å². The highest BCUT2D eigenvalue weighted by Crippen LogP contribution is 2.24. The molecule has 1 fully saturated rings. The number of halogens is 3. The zero-order valence-corrected chi connectivity index (χ0v) is 18.2. The topological polar surface area (TPSA) is 69.4 Å². The summed E-state index contributed by atoms with van der Waals surface area (Å²) in [6, 6.07) is 5.69. The van der Waals surface area contributed by atoms with E-state index in [0.717, 1.165) is 11.4 Å². The van der Waals surface area contributed by atoms with Crippen molar-refractivity contribution in [3.05, 3.63) is 40.4 Å². The molecular formula is C18H23F3N4O3S2. The first kappa shape index (κ1) is 22.8. The lowest BCUT2D eigenvalue weighted by atomic mass is 10.1. The summed E-state index contributed by atoms with van der Waals surface area (Å²) in [5.41, 5.74) is 0.811. The number of aromatic nitrogens is 3. The number of hydrogen-bond acceptors (Lipinski definition) is 6. The molecule has 1 aromatic carbocycles. The van der Waals surface area contributed by atoms with Crippen LogP contribution in [-0.4, -0.2) is 52.6 Å². The Balaban J connectivity index is 1.61. The molecule has 2 aromatic rings. The van der Waals surface area contributed by atoms with Crippen LogP contribution in [0.25, 0.3) is 0 Å². The Labute approximate surface area is 178 Å². The van der Waals surface area contributed by atoms with Crippen molar-refractivity contribution in [2.45, 2.75) is 32.4 Å². The van der Waals surface area contributed by atoms with Crippen LogP contribution in [0.3, 0.4) is 0 Å². The predicted molar refractivity (Wildman–Crippen MR) is 107 cm³/mol.